The second-order valence-electron chi connectivity index (χ2n) is 15.9. The van der Waals surface area contributed by atoms with Crippen molar-refractivity contribution in [2.75, 3.05) is 31.5 Å². The molecule has 0 radical (unpaired) electrons. The Balaban J connectivity index is 0.923. The van der Waals surface area contributed by atoms with Crippen molar-refractivity contribution in [2.45, 2.75) is 94.5 Å². The lowest BCUT2D eigenvalue weighted by atomic mass is 9.90. The van der Waals surface area contributed by atoms with Crippen LogP contribution < -0.4 is 5.32 Å². The highest BCUT2D eigenvalue weighted by atomic mass is 16.7. The molecule has 4 unspecified atom stereocenters. The van der Waals surface area contributed by atoms with Crippen molar-refractivity contribution < 1.29 is 19.2 Å². The molecule has 5 aliphatic heterocycles. The number of anilines is 1. The second-order valence-corrected chi connectivity index (χ2v) is 15.9. The zero-order valence-electron chi connectivity index (χ0n) is 30.5. The molecular weight excluding hydrogens is 683 g/mol. The molecule has 1 saturated carbocycles. The second kappa shape index (κ2) is 13.0. The van der Waals surface area contributed by atoms with Gasteiger partial charge in [0.1, 0.15) is 5.78 Å². The van der Waals surface area contributed by atoms with Crippen LogP contribution in [0.4, 0.5) is 5.69 Å². The lowest BCUT2D eigenvalue weighted by molar-refractivity contribution is -0.166. The van der Waals surface area contributed by atoms with Gasteiger partial charge in [-0.25, -0.2) is 9.67 Å². The monoisotopic (exact) mass is 727 g/mol. The van der Waals surface area contributed by atoms with Crippen LogP contribution >= 0.6 is 0 Å². The molecule has 13 heteroatoms. The van der Waals surface area contributed by atoms with Crippen molar-refractivity contribution in [1.29, 1.82) is 0 Å². The number of aromatic nitrogens is 3. The molecule has 13 nitrogen and oxygen atoms in total. The number of carbonyl (C=O) groups excluding carboxylic acids is 3. The average molecular weight is 728 g/mol. The average Bonchev–Trinajstić information content (AvgIpc) is 3.63. The molecule has 278 valence electrons. The Bertz CT molecular complexity index is 2040. The summed E-state index contributed by atoms with van der Waals surface area (Å²) in [7, 11) is 0. The first-order valence-corrected chi connectivity index (χ1v) is 19.5. The third-order valence-electron chi connectivity index (χ3n) is 12.5. The number of benzene rings is 2. The van der Waals surface area contributed by atoms with E-state index in [0.717, 1.165) is 68.8 Å². The van der Waals surface area contributed by atoms with Gasteiger partial charge in [0, 0.05) is 76.5 Å². The fraction of sp³-hybridized carbons (Fsp3) is 0.463. The molecule has 5 fully saturated rings. The molecule has 0 spiro atoms. The zero-order chi connectivity index (χ0) is 36.6. The van der Waals surface area contributed by atoms with E-state index in [9.17, 15) is 14.4 Å². The summed E-state index contributed by atoms with van der Waals surface area (Å²) in [5.74, 6) is -0.298. The summed E-state index contributed by atoms with van der Waals surface area (Å²) in [6.45, 7) is 7.36. The van der Waals surface area contributed by atoms with E-state index in [0.29, 0.717) is 30.7 Å². The molecule has 2 aromatic heterocycles. The van der Waals surface area contributed by atoms with Crippen molar-refractivity contribution >= 4 is 40.0 Å². The van der Waals surface area contributed by atoms with E-state index in [1.165, 1.54) is 11.1 Å². The van der Waals surface area contributed by atoms with Crippen molar-refractivity contribution in [2.24, 2.45) is 5.16 Å². The third kappa shape index (κ3) is 5.67. The number of pyridine rings is 1. The third-order valence-corrected chi connectivity index (χ3v) is 12.5. The Morgan fingerprint density at radius 3 is 1.91 bits per heavy atom. The van der Waals surface area contributed by atoms with Crippen molar-refractivity contribution in [1.82, 2.24) is 34.4 Å². The zero-order valence-corrected chi connectivity index (χ0v) is 30.5. The maximum atomic E-state index is 14.8. The first-order chi connectivity index (χ1) is 26.4. The molecule has 2 aromatic carbocycles. The molecule has 6 aliphatic rings. The molecule has 4 saturated heterocycles. The molecule has 4 aromatic rings. The number of hydrogen-bond acceptors (Lipinski definition) is 10. The number of piperazine rings is 2. The standard InChI is InChI=1S/C41H45N9O4/c1-2-48-38-31(19-43-48)37(44-28-13-15-29(51)16-14-28)30(18-42-38)32-17-41(54-45-32,39(52)49-33-22-46(23-34(33)49)20-26-9-5-3-6-10-26)40(53)50-35-24-47(25-36(35)50)21-27-11-7-4-8-12-27/h3-12,18-19,28,33-36H,2,13-17,20-25H2,1H3,(H,42,44). The van der Waals surface area contributed by atoms with Crippen molar-refractivity contribution in [3.8, 4) is 0 Å². The van der Waals surface area contributed by atoms with Crippen LogP contribution in [0.2, 0.25) is 0 Å². The minimum Gasteiger partial charge on any atom is -0.381 e. The number of oxime groups is 1. The van der Waals surface area contributed by atoms with E-state index >= 15 is 0 Å². The number of rotatable bonds is 10. The summed E-state index contributed by atoms with van der Waals surface area (Å²) in [4.78, 5) is 61.4. The number of hydrogen-bond donors (Lipinski definition) is 1. The Kier molecular flexibility index (Phi) is 8.06. The largest absolute Gasteiger partial charge is 0.381 e. The number of likely N-dealkylation sites (tertiary alicyclic amines) is 2. The highest BCUT2D eigenvalue weighted by Gasteiger charge is 2.70. The minimum atomic E-state index is -1.78. The number of fused-ring (bicyclic) bond motifs is 3. The number of nitrogens with zero attached hydrogens (tertiary/aromatic N) is 8. The summed E-state index contributed by atoms with van der Waals surface area (Å²) in [6, 6.07) is 21.0. The Labute approximate surface area is 313 Å². The fourth-order valence-electron chi connectivity index (χ4n) is 9.50. The lowest BCUT2D eigenvalue weighted by Gasteiger charge is -2.29. The maximum absolute atomic E-state index is 14.8. The van der Waals surface area contributed by atoms with Gasteiger partial charge >= 0.3 is 0 Å². The number of aryl methyl sites for hydroxylation is 1. The van der Waals surface area contributed by atoms with Gasteiger partial charge in [-0.3, -0.25) is 24.2 Å². The fourth-order valence-corrected chi connectivity index (χ4v) is 9.50. The number of nitrogens with one attached hydrogen (secondary N) is 1. The SMILES string of the molecule is CCn1ncc2c(NC3CCC(=O)CC3)c(C3=NOC(C(=O)N4C5CN(Cc6ccccc6)CC54)(C(=O)N4C5CN(Cc6ccccc6)CC54)C3)cnc21. The van der Waals surface area contributed by atoms with E-state index in [4.69, 9.17) is 9.82 Å². The molecule has 10 rings (SSSR count). The van der Waals surface area contributed by atoms with Crippen LogP contribution in [0.25, 0.3) is 11.0 Å². The lowest BCUT2D eigenvalue weighted by Crippen LogP contribution is -2.55. The van der Waals surface area contributed by atoms with Crippen LogP contribution in [-0.4, -0.2) is 120 Å². The molecule has 7 heterocycles. The Hall–Kier alpha value is -5.14. The first-order valence-electron chi connectivity index (χ1n) is 19.5. The summed E-state index contributed by atoms with van der Waals surface area (Å²) in [5.41, 5.74) is 3.45. The van der Waals surface area contributed by atoms with E-state index in [1.54, 1.807) is 6.20 Å². The molecular formula is C41H45N9O4. The predicted octanol–water partition coefficient (Wildman–Crippen LogP) is 3.43. The Morgan fingerprint density at radius 1 is 0.815 bits per heavy atom. The molecule has 1 aliphatic carbocycles. The van der Waals surface area contributed by atoms with Gasteiger partial charge in [-0.05, 0) is 30.9 Å². The van der Waals surface area contributed by atoms with Gasteiger partial charge < -0.3 is 20.0 Å². The van der Waals surface area contributed by atoms with Gasteiger partial charge in [-0.1, -0.05) is 65.8 Å². The molecule has 54 heavy (non-hydrogen) atoms. The van der Waals surface area contributed by atoms with Crippen molar-refractivity contribution in [3.63, 3.8) is 0 Å². The van der Waals surface area contributed by atoms with Crippen LogP contribution in [0.3, 0.4) is 0 Å². The first kappa shape index (κ1) is 33.4. The van der Waals surface area contributed by atoms with Crippen molar-refractivity contribution in [3.05, 3.63) is 89.7 Å². The van der Waals surface area contributed by atoms with Gasteiger partial charge in [0.25, 0.3) is 17.4 Å². The smallest absolute Gasteiger partial charge is 0.297 e. The van der Waals surface area contributed by atoms with E-state index in [-0.39, 0.29) is 54.2 Å². The number of Topliss-reactive ketones (excluding diaryl/α,β-unsaturated/α-hetero) is 1. The van der Waals surface area contributed by atoms with Crippen LogP contribution in [0, 0.1) is 0 Å². The highest BCUT2D eigenvalue weighted by molar-refractivity contribution is 6.19. The number of amides is 2. The van der Waals surface area contributed by atoms with E-state index in [1.807, 2.05) is 39.7 Å². The maximum Gasteiger partial charge on any atom is 0.297 e. The predicted molar refractivity (Wildman–Crippen MR) is 201 cm³/mol. The van der Waals surface area contributed by atoms with E-state index < -0.39 is 5.60 Å². The van der Waals surface area contributed by atoms with Crippen LogP contribution in [0.5, 0.6) is 0 Å². The summed E-state index contributed by atoms with van der Waals surface area (Å²) in [6.07, 6.45) is 6.12. The topological polar surface area (TPSA) is 128 Å². The van der Waals surface area contributed by atoms with E-state index in [2.05, 4.69) is 73.9 Å². The van der Waals surface area contributed by atoms with Crippen LogP contribution in [0.15, 0.2) is 78.2 Å². The summed E-state index contributed by atoms with van der Waals surface area (Å²) < 4.78 is 1.85. The Morgan fingerprint density at radius 2 is 1.37 bits per heavy atom. The molecule has 2 amide bonds. The minimum absolute atomic E-state index is 0.0188. The molecule has 4 atom stereocenters. The van der Waals surface area contributed by atoms with Gasteiger partial charge in [-0.2, -0.15) is 5.10 Å². The number of ketones is 1. The molecule has 1 N–H and O–H groups in total. The summed E-state index contributed by atoms with van der Waals surface area (Å²) >= 11 is 0. The highest BCUT2D eigenvalue weighted by Crippen LogP contribution is 2.46. The normalized spacial score (nSPS) is 27.9. The van der Waals surface area contributed by atoms with Gasteiger partial charge in [-0.15, -0.1) is 0 Å². The van der Waals surface area contributed by atoms with Gasteiger partial charge in [0.2, 0.25) is 0 Å². The van der Waals surface area contributed by atoms with Crippen LogP contribution in [0.1, 0.15) is 55.7 Å². The molecule has 0 bridgehead atoms. The number of carbonyl (C=O) groups is 3. The summed E-state index contributed by atoms with van der Waals surface area (Å²) in [5, 5.41) is 13.7. The quantitative estimate of drug-likeness (QED) is 0.193. The van der Waals surface area contributed by atoms with Gasteiger partial charge in [0.15, 0.2) is 5.65 Å². The van der Waals surface area contributed by atoms with Gasteiger partial charge in [0.05, 0.1) is 53.6 Å². The van der Waals surface area contributed by atoms with Crippen LogP contribution in [-0.2, 0) is 38.9 Å².